The molecule has 1 atom stereocenters. The van der Waals surface area contributed by atoms with Gasteiger partial charge in [-0.3, -0.25) is 9.69 Å². The summed E-state index contributed by atoms with van der Waals surface area (Å²) in [6.45, 7) is 1.27. The molecule has 2 heterocycles. The molecule has 0 bridgehead atoms. The molecule has 3 aromatic rings. The Morgan fingerprint density at radius 3 is 2.78 bits per heavy atom. The van der Waals surface area contributed by atoms with Gasteiger partial charge in [-0.1, -0.05) is 35.6 Å². The first-order valence-corrected chi connectivity index (χ1v) is 9.81. The molecular weight excluding hydrogens is 358 g/mol. The molecule has 27 heavy (non-hydrogen) atoms. The number of hydrogen-bond donors (Lipinski definition) is 0. The molecule has 1 aromatic heterocycles. The summed E-state index contributed by atoms with van der Waals surface area (Å²) in [6, 6.07) is 17.2. The third-order valence-corrected chi connectivity index (χ3v) is 5.72. The molecule has 2 aromatic carbocycles. The molecule has 6 heteroatoms. The number of nitrogens with zero attached hydrogens (tertiary/aromatic N) is 3. The number of carbonyl (C=O) groups is 1. The Bertz CT molecular complexity index is 952. The lowest BCUT2D eigenvalue weighted by molar-refractivity contribution is -0.118. The van der Waals surface area contributed by atoms with Crippen molar-refractivity contribution in [3.05, 3.63) is 59.7 Å². The Morgan fingerprint density at radius 1 is 1.26 bits per heavy atom. The number of aromatic nitrogens is 1. The van der Waals surface area contributed by atoms with Gasteiger partial charge >= 0.3 is 0 Å². The molecule has 1 saturated heterocycles. The van der Waals surface area contributed by atoms with Gasteiger partial charge in [0.15, 0.2) is 5.13 Å². The second kappa shape index (κ2) is 7.87. The van der Waals surface area contributed by atoms with Gasteiger partial charge in [-0.15, -0.1) is 0 Å². The van der Waals surface area contributed by atoms with E-state index in [-0.39, 0.29) is 18.4 Å². The molecule has 0 radical (unpaired) electrons. The van der Waals surface area contributed by atoms with Gasteiger partial charge in [0.2, 0.25) is 5.91 Å². The van der Waals surface area contributed by atoms with Crippen LogP contribution in [0.4, 0.5) is 5.13 Å². The van der Waals surface area contributed by atoms with Gasteiger partial charge in [-0.2, -0.15) is 5.26 Å². The SMILES string of the molecule is N#Cc1ccc(CC(=O)N(CC2CCCO2)c2nc3ccccc3s2)cc1. The summed E-state index contributed by atoms with van der Waals surface area (Å²) in [4.78, 5) is 19.5. The van der Waals surface area contributed by atoms with E-state index in [1.807, 2.05) is 36.4 Å². The Kier molecular flexibility index (Phi) is 5.14. The van der Waals surface area contributed by atoms with Crippen LogP contribution in [0.2, 0.25) is 0 Å². The highest BCUT2D eigenvalue weighted by atomic mass is 32.1. The molecule has 0 spiro atoms. The van der Waals surface area contributed by atoms with Crippen molar-refractivity contribution in [3.63, 3.8) is 0 Å². The van der Waals surface area contributed by atoms with Crippen LogP contribution in [0.3, 0.4) is 0 Å². The largest absolute Gasteiger partial charge is 0.376 e. The van der Waals surface area contributed by atoms with E-state index >= 15 is 0 Å². The van der Waals surface area contributed by atoms with Crippen molar-refractivity contribution in [2.24, 2.45) is 0 Å². The van der Waals surface area contributed by atoms with Crippen LogP contribution in [-0.4, -0.2) is 30.1 Å². The summed E-state index contributed by atoms with van der Waals surface area (Å²) < 4.78 is 6.82. The van der Waals surface area contributed by atoms with Crippen molar-refractivity contribution in [2.75, 3.05) is 18.1 Å². The van der Waals surface area contributed by atoms with E-state index in [2.05, 4.69) is 11.1 Å². The molecule has 1 unspecified atom stereocenters. The first kappa shape index (κ1) is 17.7. The van der Waals surface area contributed by atoms with E-state index in [9.17, 15) is 4.79 Å². The normalized spacial score (nSPS) is 16.3. The van der Waals surface area contributed by atoms with Crippen LogP contribution in [0.1, 0.15) is 24.0 Å². The van der Waals surface area contributed by atoms with Crippen molar-refractivity contribution < 1.29 is 9.53 Å². The third-order valence-electron chi connectivity index (χ3n) is 4.66. The highest BCUT2D eigenvalue weighted by Gasteiger charge is 2.26. The van der Waals surface area contributed by atoms with Crippen molar-refractivity contribution in [2.45, 2.75) is 25.4 Å². The maximum atomic E-state index is 13.1. The van der Waals surface area contributed by atoms with Crippen molar-refractivity contribution in [3.8, 4) is 6.07 Å². The second-order valence-electron chi connectivity index (χ2n) is 6.59. The van der Waals surface area contributed by atoms with Crippen molar-refractivity contribution in [1.29, 1.82) is 5.26 Å². The number of amides is 1. The molecule has 0 saturated carbocycles. The Labute approximate surface area is 161 Å². The minimum Gasteiger partial charge on any atom is -0.376 e. The van der Waals surface area contributed by atoms with Crippen LogP contribution in [-0.2, 0) is 16.0 Å². The zero-order valence-corrected chi connectivity index (χ0v) is 15.6. The Hall–Kier alpha value is -2.75. The molecule has 5 nitrogen and oxygen atoms in total. The van der Waals surface area contributed by atoms with Crippen molar-refractivity contribution in [1.82, 2.24) is 4.98 Å². The van der Waals surface area contributed by atoms with E-state index < -0.39 is 0 Å². The number of rotatable bonds is 5. The molecule has 1 aliphatic rings. The first-order chi connectivity index (χ1) is 13.2. The molecule has 1 fully saturated rings. The first-order valence-electron chi connectivity index (χ1n) is 8.99. The smallest absolute Gasteiger partial charge is 0.233 e. The molecule has 1 amide bonds. The topological polar surface area (TPSA) is 66.2 Å². The lowest BCUT2D eigenvalue weighted by Crippen LogP contribution is -2.38. The van der Waals surface area contributed by atoms with Crippen LogP contribution in [0.5, 0.6) is 0 Å². The number of fused-ring (bicyclic) bond motifs is 1. The number of benzene rings is 2. The minimum atomic E-state index is -0.00531. The number of thiazole rings is 1. The Balaban J connectivity index is 1.59. The average molecular weight is 377 g/mol. The quantitative estimate of drug-likeness (QED) is 0.676. The molecular formula is C21H19N3O2S. The number of ether oxygens (including phenoxy) is 1. The summed E-state index contributed by atoms with van der Waals surface area (Å²) in [7, 11) is 0. The predicted octanol–water partition coefficient (Wildman–Crippen LogP) is 3.92. The maximum Gasteiger partial charge on any atom is 0.233 e. The number of para-hydroxylation sites is 1. The number of hydrogen-bond acceptors (Lipinski definition) is 5. The van der Waals surface area contributed by atoms with Gasteiger partial charge < -0.3 is 4.74 Å². The fourth-order valence-electron chi connectivity index (χ4n) is 3.22. The minimum absolute atomic E-state index is 0.00531. The van der Waals surface area contributed by atoms with Crippen LogP contribution in [0, 0.1) is 11.3 Å². The maximum absolute atomic E-state index is 13.1. The van der Waals surface area contributed by atoms with Crippen molar-refractivity contribution >= 4 is 32.6 Å². The molecule has 1 aliphatic heterocycles. The third kappa shape index (κ3) is 4.00. The zero-order chi connectivity index (χ0) is 18.6. The monoisotopic (exact) mass is 377 g/mol. The van der Waals surface area contributed by atoms with Gasteiger partial charge in [0.1, 0.15) is 0 Å². The standard InChI is InChI=1S/C21H19N3O2S/c22-13-16-9-7-15(8-10-16)12-20(25)24(14-17-4-3-11-26-17)21-23-18-5-1-2-6-19(18)27-21/h1-2,5-10,17H,3-4,11-12,14H2. The Morgan fingerprint density at radius 2 is 2.07 bits per heavy atom. The summed E-state index contributed by atoms with van der Waals surface area (Å²) in [5.41, 5.74) is 2.38. The van der Waals surface area contributed by atoms with E-state index in [0.717, 1.165) is 35.2 Å². The van der Waals surface area contributed by atoms with E-state index in [1.54, 1.807) is 17.0 Å². The number of anilines is 1. The molecule has 0 aliphatic carbocycles. The molecule has 0 N–H and O–H groups in total. The van der Waals surface area contributed by atoms with Gasteiger partial charge in [0, 0.05) is 6.61 Å². The van der Waals surface area contributed by atoms with Gasteiger partial charge in [0.25, 0.3) is 0 Å². The molecule has 136 valence electrons. The molecule has 4 rings (SSSR count). The number of carbonyl (C=O) groups excluding carboxylic acids is 1. The summed E-state index contributed by atoms with van der Waals surface area (Å²) in [6.07, 6.45) is 2.32. The van der Waals surface area contributed by atoms with Gasteiger partial charge in [-0.05, 0) is 42.7 Å². The van der Waals surface area contributed by atoms with Gasteiger partial charge in [0.05, 0.1) is 40.9 Å². The fraction of sp³-hybridized carbons (Fsp3) is 0.286. The van der Waals surface area contributed by atoms with Crippen LogP contribution >= 0.6 is 11.3 Å². The second-order valence-corrected chi connectivity index (χ2v) is 7.60. The zero-order valence-electron chi connectivity index (χ0n) is 14.8. The van der Waals surface area contributed by atoms with Crippen LogP contribution in [0.15, 0.2) is 48.5 Å². The van der Waals surface area contributed by atoms with E-state index in [0.29, 0.717) is 17.2 Å². The summed E-state index contributed by atoms with van der Waals surface area (Å²) >= 11 is 1.53. The van der Waals surface area contributed by atoms with Crippen LogP contribution in [0.25, 0.3) is 10.2 Å². The lowest BCUT2D eigenvalue weighted by Gasteiger charge is -2.23. The van der Waals surface area contributed by atoms with E-state index in [1.165, 1.54) is 11.3 Å². The highest BCUT2D eigenvalue weighted by molar-refractivity contribution is 7.22. The fourth-order valence-corrected chi connectivity index (χ4v) is 4.21. The van der Waals surface area contributed by atoms with Crippen LogP contribution < -0.4 is 4.90 Å². The predicted molar refractivity (Wildman–Crippen MR) is 106 cm³/mol. The lowest BCUT2D eigenvalue weighted by atomic mass is 10.1. The number of nitriles is 1. The average Bonchev–Trinajstić information content (AvgIpc) is 3.35. The van der Waals surface area contributed by atoms with Gasteiger partial charge in [-0.25, -0.2) is 4.98 Å². The van der Waals surface area contributed by atoms with E-state index in [4.69, 9.17) is 10.00 Å². The summed E-state index contributed by atoms with van der Waals surface area (Å²) in [5, 5.41) is 9.64. The highest BCUT2D eigenvalue weighted by Crippen LogP contribution is 2.30. The summed E-state index contributed by atoms with van der Waals surface area (Å²) in [5.74, 6) is -0.00531.